The largest absolute Gasteiger partial charge is 0.294 e. The maximum atomic E-state index is 12.1. The molecule has 1 aliphatic carbocycles. The molecule has 0 radical (unpaired) electrons. The molecule has 3 aromatic rings. The predicted octanol–water partition coefficient (Wildman–Crippen LogP) is 4.43. The van der Waals surface area contributed by atoms with Crippen LogP contribution in [0.1, 0.15) is 27.9 Å². The van der Waals surface area contributed by atoms with Gasteiger partial charge in [-0.15, -0.1) is 0 Å². The van der Waals surface area contributed by atoms with Crippen LogP contribution in [0.4, 0.5) is 0 Å². The van der Waals surface area contributed by atoms with E-state index in [4.69, 9.17) is 0 Å². The molecule has 0 heterocycles. The summed E-state index contributed by atoms with van der Waals surface area (Å²) in [6, 6.07) is 14.8. The summed E-state index contributed by atoms with van der Waals surface area (Å²) in [7, 11) is 0. The van der Waals surface area contributed by atoms with Crippen molar-refractivity contribution < 1.29 is 4.79 Å². The Labute approximate surface area is 111 Å². The number of aryl methyl sites for hydroxylation is 2. The van der Waals surface area contributed by atoms with Crippen molar-refractivity contribution in [1.29, 1.82) is 0 Å². The lowest BCUT2D eigenvalue weighted by atomic mass is 9.92. The minimum absolute atomic E-state index is 0.301. The lowest BCUT2D eigenvalue weighted by Gasteiger charge is -2.11. The minimum Gasteiger partial charge on any atom is -0.294 e. The second-order valence-corrected chi connectivity index (χ2v) is 5.36. The van der Waals surface area contributed by atoms with Crippen molar-refractivity contribution in [3.63, 3.8) is 0 Å². The molecule has 0 aromatic heterocycles. The smallest absolute Gasteiger partial charge is 0.164 e. The zero-order valence-electron chi connectivity index (χ0n) is 10.9. The second kappa shape index (κ2) is 3.67. The Bertz CT molecular complexity index is 843. The fourth-order valence-electron chi connectivity index (χ4n) is 3.38. The van der Waals surface area contributed by atoms with Crippen LogP contribution in [-0.4, -0.2) is 5.78 Å². The summed E-state index contributed by atoms with van der Waals surface area (Å²) in [5, 5.41) is 4.87. The van der Waals surface area contributed by atoms with Crippen molar-refractivity contribution in [2.75, 3.05) is 0 Å². The fraction of sp³-hybridized carbons (Fsp3) is 0.167. The molecule has 0 aliphatic heterocycles. The summed E-state index contributed by atoms with van der Waals surface area (Å²) in [5.74, 6) is 0.301. The molecule has 0 bridgehead atoms. The highest BCUT2D eigenvalue weighted by Gasteiger charge is 2.23. The van der Waals surface area contributed by atoms with E-state index in [1.54, 1.807) is 0 Å². The van der Waals surface area contributed by atoms with E-state index in [1.165, 1.54) is 27.3 Å². The zero-order chi connectivity index (χ0) is 13.0. The van der Waals surface area contributed by atoms with Gasteiger partial charge < -0.3 is 0 Å². The SMILES string of the molecule is Cc1cc2c(c3ccc4ccccc4c13)C(=O)CC2. The van der Waals surface area contributed by atoms with Gasteiger partial charge in [0.25, 0.3) is 0 Å². The molecule has 3 aromatic carbocycles. The summed E-state index contributed by atoms with van der Waals surface area (Å²) in [6.07, 6.45) is 1.57. The van der Waals surface area contributed by atoms with Crippen LogP contribution in [-0.2, 0) is 6.42 Å². The van der Waals surface area contributed by atoms with Crippen LogP contribution in [0.3, 0.4) is 0 Å². The number of hydrogen-bond donors (Lipinski definition) is 0. The summed E-state index contributed by atoms with van der Waals surface area (Å²) < 4.78 is 0. The van der Waals surface area contributed by atoms with Crippen LogP contribution in [0.5, 0.6) is 0 Å². The maximum absolute atomic E-state index is 12.1. The van der Waals surface area contributed by atoms with E-state index in [0.29, 0.717) is 12.2 Å². The van der Waals surface area contributed by atoms with Crippen LogP contribution >= 0.6 is 0 Å². The van der Waals surface area contributed by atoms with Gasteiger partial charge in [0.1, 0.15) is 0 Å². The van der Waals surface area contributed by atoms with Gasteiger partial charge >= 0.3 is 0 Å². The number of benzene rings is 3. The van der Waals surface area contributed by atoms with E-state index >= 15 is 0 Å². The highest BCUT2D eigenvalue weighted by Crippen LogP contribution is 2.36. The number of Topliss-reactive ketones (excluding diaryl/α,β-unsaturated/α-hetero) is 1. The van der Waals surface area contributed by atoms with Crippen LogP contribution in [0.25, 0.3) is 21.5 Å². The molecule has 1 aliphatic rings. The van der Waals surface area contributed by atoms with Crippen LogP contribution in [0.15, 0.2) is 42.5 Å². The highest BCUT2D eigenvalue weighted by molar-refractivity contribution is 6.18. The molecule has 0 saturated carbocycles. The molecule has 0 saturated heterocycles. The average molecular weight is 246 g/mol. The highest BCUT2D eigenvalue weighted by atomic mass is 16.1. The first-order valence-corrected chi connectivity index (χ1v) is 6.73. The first-order valence-electron chi connectivity index (χ1n) is 6.73. The molecule has 0 amide bonds. The van der Waals surface area contributed by atoms with Gasteiger partial charge in [-0.2, -0.15) is 0 Å². The van der Waals surface area contributed by atoms with Crippen molar-refractivity contribution in [3.05, 3.63) is 59.2 Å². The van der Waals surface area contributed by atoms with E-state index < -0.39 is 0 Å². The Morgan fingerprint density at radius 3 is 2.68 bits per heavy atom. The second-order valence-electron chi connectivity index (χ2n) is 5.36. The number of rotatable bonds is 0. The van der Waals surface area contributed by atoms with Gasteiger partial charge in [0, 0.05) is 12.0 Å². The minimum atomic E-state index is 0.301. The lowest BCUT2D eigenvalue weighted by Crippen LogP contribution is -1.95. The van der Waals surface area contributed by atoms with Gasteiger partial charge in [0.05, 0.1) is 0 Å². The topological polar surface area (TPSA) is 17.1 Å². The molecule has 0 unspecified atom stereocenters. The van der Waals surface area contributed by atoms with E-state index in [1.807, 2.05) is 0 Å². The molecule has 1 nitrogen and oxygen atoms in total. The van der Waals surface area contributed by atoms with E-state index in [2.05, 4.69) is 49.4 Å². The van der Waals surface area contributed by atoms with Gasteiger partial charge in [-0.25, -0.2) is 0 Å². The first kappa shape index (κ1) is 10.7. The number of hydrogen-bond acceptors (Lipinski definition) is 1. The summed E-state index contributed by atoms with van der Waals surface area (Å²) >= 11 is 0. The molecular formula is C18H14O. The van der Waals surface area contributed by atoms with Crippen molar-refractivity contribution >= 4 is 27.3 Å². The van der Waals surface area contributed by atoms with Crippen molar-refractivity contribution in [2.24, 2.45) is 0 Å². The van der Waals surface area contributed by atoms with Crippen molar-refractivity contribution in [2.45, 2.75) is 19.8 Å². The summed E-state index contributed by atoms with van der Waals surface area (Å²) in [4.78, 5) is 12.1. The molecule has 92 valence electrons. The maximum Gasteiger partial charge on any atom is 0.164 e. The Balaban J connectivity index is 2.28. The third-order valence-electron chi connectivity index (χ3n) is 4.20. The van der Waals surface area contributed by atoms with Gasteiger partial charge in [0.2, 0.25) is 0 Å². The van der Waals surface area contributed by atoms with Crippen molar-refractivity contribution in [3.8, 4) is 0 Å². The normalized spacial score (nSPS) is 14.3. The lowest BCUT2D eigenvalue weighted by molar-refractivity contribution is 0.0996. The molecule has 0 fully saturated rings. The number of carbonyl (C=O) groups is 1. The van der Waals surface area contributed by atoms with Gasteiger partial charge in [-0.3, -0.25) is 4.79 Å². The third-order valence-corrected chi connectivity index (χ3v) is 4.20. The Morgan fingerprint density at radius 1 is 0.947 bits per heavy atom. The molecular weight excluding hydrogens is 232 g/mol. The molecule has 0 spiro atoms. The Kier molecular flexibility index (Phi) is 2.08. The standard InChI is InChI=1S/C18H14O/c1-11-10-13-7-9-16(19)18(13)15-8-6-12-4-2-3-5-14(12)17(11)15/h2-6,8,10H,7,9H2,1H3. The van der Waals surface area contributed by atoms with Gasteiger partial charge in [-0.05, 0) is 46.0 Å². The number of fused-ring (bicyclic) bond motifs is 5. The molecule has 0 atom stereocenters. The van der Waals surface area contributed by atoms with E-state index in [9.17, 15) is 4.79 Å². The van der Waals surface area contributed by atoms with Gasteiger partial charge in [-0.1, -0.05) is 42.5 Å². The quantitative estimate of drug-likeness (QED) is 0.536. The molecule has 0 N–H and O–H groups in total. The molecule has 1 heteroatoms. The van der Waals surface area contributed by atoms with E-state index in [0.717, 1.165) is 17.4 Å². The number of carbonyl (C=O) groups excluding carboxylic acids is 1. The van der Waals surface area contributed by atoms with Crippen LogP contribution in [0, 0.1) is 6.92 Å². The van der Waals surface area contributed by atoms with Crippen LogP contribution < -0.4 is 0 Å². The van der Waals surface area contributed by atoms with Crippen molar-refractivity contribution in [1.82, 2.24) is 0 Å². The summed E-state index contributed by atoms with van der Waals surface area (Å²) in [6.45, 7) is 2.15. The fourth-order valence-corrected chi connectivity index (χ4v) is 3.38. The van der Waals surface area contributed by atoms with E-state index in [-0.39, 0.29) is 0 Å². The van der Waals surface area contributed by atoms with Gasteiger partial charge in [0.15, 0.2) is 5.78 Å². The molecule has 4 rings (SSSR count). The Hall–Kier alpha value is -2.15. The monoisotopic (exact) mass is 246 g/mol. The molecule has 19 heavy (non-hydrogen) atoms. The number of ketones is 1. The first-order chi connectivity index (χ1) is 9.25. The van der Waals surface area contributed by atoms with Crippen LogP contribution in [0.2, 0.25) is 0 Å². The average Bonchev–Trinajstić information content (AvgIpc) is 2.79. The predicted molar refractivity (Wildman–Crippen MR) is 78.8 cm³/mol. The zero-order valence-corrected chi connectivity index (χ0v) is 10.9. The summed E-state index contributed by atoms with van der Waals surface area (Å²) in [5.41, 5.74) is 3.47. The third kappa shape index (κ3) is 1.39. The Morgan fingerprint density at radius 2 is 1.79 bits per heavy atom.